The van der Waals surface area contributed by atoms with Crippen molar-refractivity contribution in [3.63, 3.8) is 0 Å². The van der Waals surface area contributed by atoms with Crippen LogP contribution in [0.3, 0.4) is 0 Å². The number of nitrogens with zero attached hydrogens (tertiary/aromatic N) is 3. The van der Waals surface area contributed by atoms with Crippen molar-refractivity contribution in [2.75, 3.05) is 19.8 Å². The van der Waals surface area contributed by atoms with Crippen LogP contribution in [-0.2, 0) is 6.54 Å². The lowest BCUT2D eigenvalue weighted by molar-refractivity contribution is 0.170. The SMILES string of the molecule is c1cn(-c2ccc(CN3CCCC3c3ccc4c(c3)OCCO4)cc2)cn1. The third-order valence-electron chi connectivity index (χ3n) is 5.44. The van der Waals surface area contributed by atoms with Crippen molar-refractivity contribution in [1.82, 2.24) is 14.5 Å². The summed E-state index contributed by atoms with van der Waals surface area (Å²) >= 11 is 0. The number of fused-ring (bicyclic) bond motifs is 1. The van der Waals surface area contributed by atoms with Gasteiger partial charge in [0.15, 0.2) is 11.5 Å². The Labute approximate surface area is 159 Å². The number of likely N-dealkylation sites (tertiary alicyclic amines) is 1. The Morgan fingerprint density at radius 1 is 1.00 bits per heavy atom. The van der Waals surface area contributed by atoms with Crippen LogP contribution in [0.15, 0.2) is 61.2 Å². The van der Waals surface area contributed by atoms with Crippen molar-refractivity contribution in [3.05, 3.63) is 72.3 Å². The minimum atomic E-state index is 0.439. The van der Waals surface area contributed by atoms with Gasteiger partial charge in [-0.3, -0.25) is 4.90 Å². The quantitative estimate of drug-likeness (QED) is 0.705. The van der Waals surface area contributed by atoms with Gasteiger partial charge in [0.25, 0.3) is 0 Å². The summed E-state index contributed by atoms with van der Waals surface area (Å²) in [5.41, 5.74) is 3.80. The molecule has 5 heteroatoms. The summed E-state index contributed by atoms with van der Waals surface area (Å²) in [7, 11) is 0. The number of ether oxygens (including phenoxy) is 2. The molecule has 0 radical (unpaired) electrons. The molecule has 3 aromatic rings. The molecule has 0 aliphatic carbocycles. The Balaban J connectivity index is 1.33. The largest absolute Gasteiger partial charge is 0.486 e. The van der Waals surface area contributed by atoms with Crippen molar-refractivity contribution in [2.45, 2.75) is 25.4 Å². The number of hydrogen-bond donors (Lipinski definition) is 0. The average molecular weight is 361 g/mol. The molecule has 2 aliphatic heterocycles. The number of imidazole rings is 1. The molecule has 0 bridgehead atoms. The zero-order valence-electron chi connectivity index (χ0n) is 15.3. The maximum absolute atomic E-state index is 5.77. The van der Waals surface area contributed by atoms with E-state index in [1.807, 2.05) is 17.1 Å². The van der Waals surface area contributed by atoms with Gasteiger partial charge < -0.3 is 14.0 Å². The molecule has 0 amide bonds. The van der Waals surface area contributed by atoms with Crippen LogP contribution in [0.5, 0.6) is 11.5 Å². The minimum Gasteiger partial charge on any atom is -0.486 e. The van der Waals surface area contributed by atoms with Crippen molar-refractivity contribution >= 4 is 0 Å². The standard InChI is InChI=1S/C22H23N3O2/c1-2-20(18-5-8-21-22(14-18)27-13-12-26-21)24(10-1)15-17-3-6-19(7-4-17)25-11-9-23-16-25/h3-9,11,14,16,20H,1-2,10,12-13,15H2. The van der Waals surface area contributed by atoms with Crippen molar-refractivity contribution < 1.29 is 9.47 Å². The Kier molecular flexibility index (Phi) is 4.30. The van der Waals surface area contributed by atoms with Crippen molar-refractivity contribution in [1.29, 1.82) is 0 Å². The van der Waals surface area contributed by atoms with Gasteiger partial charge in [0.05, 0.1) is 6.33 Å². The average Bonchev–Trinajstić information content (AvgIpc) is 3.40. The van der Waals surface area contributed by atoms with E-state index in [2.05, 4.69) is 52.3 Å². The zero-order valence-corrected chi connectivity index (χ0v) is 15.3. The molecule has 1 unspecified atom stereocenters. The lowest BCUT2D eigenvalue weighted by Crippen LogP contribution is -2.23. The highest BCUT2D eigenvalue weighted by Gasteiger charge is 2.27. The zero-order chi connectivity index (χ0) is 18.1. The third-order valence-corrected chi connectivity index (χ3v) is 5.44. The normalized spacial score (nSPS) is 19.3. The topological polar surface area (TPSA) is 39.5 Å². The Morgan fingerprint density at radius 3 is 2.67 bits per heavy atom. The second kappa shape index (κ2) is 7.08. The van der Waals surface area contributed by atoms with E-state index < -0.39 is 0 Å². The second-order valence-corrected chi connectivity index (χ2v) is 7.17. The van der Waals surface area contributed by atoms with Gasteiger partial charge in [-0.2, -0.15) is 0 Å². The molecule has 1 saturated heterocycles. The molecule has 5 rings (SSSR count). The van der Waals surface area contributed by atoms with Crippen LogP contribution in [0.4, 0.5) is 0 Å². The number of rotatable bonds is 4. The Bertz CT molecular complexity index is 906. The Hall–Kier alpha value is -2.79. The van der Waals surface area contributed by atoms with E-state index in [9.17, 15) is 0 Å². The second-order valence-electron chi connectivity index (χ2n) is 7.17. The smallest absolute Gasteiger partial charge is 0.161 e. The Morgan fingerprint density at radius 2 is 1.85 bits per heavy atom. The van der Waals surface area contributed by atoms with Crippen LogP contribution >= 0.6 is 0 Å². The van der Waals surface area contributed by atoms with Crippen molar-refractivity contribution in [3.8, 4) is 17.2 Å². The summed E-state index contributed by atoms with van der Waals surface area (Å²) in [6.07, 6.45) is 8.01. The summed E-state index contributed by atoms with van der Waals surface area (Å²) in [6.45, 7) is 3.36. The molecule has 1 aromatic heterocycles. The summed E-state index contributed by atoms with van der Waals surface area (Å²) < 4.78 is 13.5. The van der Waals surface area contributed by atoms with Crippen LogP contribution in [-0.4, -0.2) is 34.2 Å². The molecule has 27 heavy (non-hydrogen) atoms. The summed E-state index contributed by atoms with van der Waals surface area (Å²) in [4.78, 5) is 6.68. The molecule has 1 atom stereocenters. The van der Waals surface area contributed by atoms with Gasteiger partial charge in [-0.05, 0) is 54.8 Å². The molecule has 5 nitrogen and oxygen atoms in total. The predicted molar refractivity (Wildman–Crippen MR) is 103 cm³/mol. The number of benzene rings is 2. The first-order valence-corrected chi connectivity index (χ1v) is 9.58. The third kappa shape index (κ3) is 3.30. The molecule has 0 N–H and O–H groups in total. The van der Waals surface area contributed by atoms with E-state index in [1.165, 1.54) is 24.0 Å². The van der Waals surface area contributed by atoms with E-state index in [4.69, 9.17) is 9.47 Å². The molecule has 2 aliphatic rings. The van der Waals surface area contributed by atoms with Gasteiger partial charge in [0, 0.05) is 30.7 Å². The number of aromatic nitrogens is 2. The molecule has 0 saturated carbocycles. The van der Waals surface area contributed by atoms with Crippen LogP contribution < -0.4 is 9.47 Å². The molecular weight excluding hydrogens is 338 g/mol. The predicted octanol–water partition coefficient (Wildman–Crippen LogP) is 3.98. The van der Waals surface area contributed by atoms with Crippen molar-refractivity contribution in [2.24, 2.45) is 0 Å². The van der Waals surface area contributed by atoms with E-state index >= 15 is 0 Å². The van der Waals surface area contributed by atoms with E-state index in [0.717, 1.165) is 30.3 Å². The highest BCUT2D eigenvalue weighted by atomic mass is 16.6. The molecule has 2 aromatic carbocycles. The van der Waals surface area contributed by atoms with Gasteiger partial charge in [0.2, 0.25) is 0 Å². The lowest BCUT2D eigenvalue weighted by Gasteiger charge is -2.26. The fraction of sp³-hybridized carbons (Fsp3) is 0.318. The van der Waals surface area contributed by atoms with Crippen LogP contribution in [0.2, 0.25) is 0 Å². The van der Waals surface area contributed by atoms with E-state index in [1.54, 1.807) is 6.20 Å². The first kappa shape index (κ1) is 16.4. The van der Waals surface area contributed by atoms with Crippen LogP contribution in [0.1, 0.15) is 30.0 Å². The van der Waals surface area contributed by atoms with Crippen LogP contribution in [0.25, 0.3) is 5.69 Å². The van der Waals surface area contributed by atoms with E-state index in [-0.39, 0.29) is 0 Å². The molecule has 1 fully saturated rings. The van der Waals surface area contributed by atoms with Gasteiger partial charge >= 0.3 is 0 Å². The first-order chi connectivity index (χ1) is 13.4. The highest BCUT2D eigenvalue weighted by Crippen LogP contribution is 2.38. The maximum Gasteiger partial charge on any atom is 0.161 e. The minimum absolute atomic E-state index is 0.439. The number of hydrogen-bond acceptors (Lipinski definition) is 4. The summed E-state index contributed by atoms with van der Waals surface area (Å²) in [5.74, 6) is 1.75. The fourth-order valence-electron chi connectivity index (χ4n) is 4.08. The summed E-state index contributed by atoms with van der Waals surface area (Å²) in [6, 6.07) is 15.6. The monoisotopic (exact) mass is 361 g/mol. The first-order valence-electron chi connectivity index (χ1n) is 9.58. The fourth-order valence-corrected chi connectivity index (χ4v) is 4.08. The van der Waals surface area contributed by atoms with Gasteiger partial charge in [0.1, 0.15) is 13.2 Å². The maximum atomic E-state index is 5.77. The van der Waals surface area contributed by atoms with E-state index in [0.29, 0.717) is 19.3 Å². The molecule has 3 heterocycles. The highest BCUT2D eigenvalue weighted by molar-refractivity contribution is 5.45. The molecule has 0 spiro atoms. The molecule has 138 valence electrons. The van der Waals surface area contributed by atoms with Crippen LogP contribution in [0, 0.1) is 0 Å². The molecular formula is C22H23N3O2. The summed E-state index contributed by atoms with van der Waals surface area (Å²) in [5, 5.41) is 0. The van der Waals surface area contributed by atoms with Gasteiger partial charge in [-0.25, -0.2) is 4.98 Å². The van der Waals surface area contributed by atoms with Gasteiger partial charge in [-0.15, -0.1) is 0 Å². The van der Waals surface area contributed by atoms with Gasteiger partial charge in [-0.1, -0.05) is 18.2 Å². The lowest BCUT2D eigenvalue weighted by atomic mass is 10.0.